The van der Waals surface area contributed by atoms with Crippen molar-refractivity contribution in [3.63, 3.8) is 0 Å². The van der Waals surface area contributed by atoms with E-state index < -0.39 is 45.4 Å². The summed E-state index contributed by atoms with van der Waals surface area (Å²) < 4.78 is 97.4. The van der Waals surface area contributed by atoms with Gasteiger partial charge in [0, 0.05) is 24.6 Å². The first-order chi connectivity index (χ1) is 17.7. The van der Waals surface area contributed by atoms with Gasteiger partial charge in [-0.3, -0.25) is 9.20 Å². The lowest BCUT2D eigenvalue weighted by Gasteiger charge is -2.19. The van der Waals surface area contributed by atoms with Gasteiger partial charge in [0.05, 0.1) is 11.9 Å². The lowest BCUT2D eigenvalue weighted by Crippen LogP contribution is -2.41. The normalized spacial score (nSPS) is 13.0. The Morgan fingerprint density at radius 3 is 2.47 bits per heavy atom. The number of aromatic nitrogens is 6. The third-order valence-electron chi connectivity index (χ3n) is 5.27. The van der Waals surface area contributed by atoms with Gasteiger partial charge in [-0.2, -0.15) is 27.1 Å². The fourth-order valence-electron chi connectivity index (χ4n) is 3.42. The highest BCUT2D eigenvalue weighted by atomic mass is 32.2. The third kappa shape index (κ3) is 4.72. The molecule has 204 valence electrons. The molecular formula is C21H20F5N7O4S. The van der Waals surface area contributed by atoms with Crippen molar-refractivity contribution in [2.45, 2.75) is 43.9 Å². The second-order valence-corrected chi connectivity index (χ2v) is 10.5. The summed E-state index contributed by atoms with van der Waals surface area (Å²) in [6.07, 6.45) is -1.19. The average Bonchev–Trinajstić information content (AvgIpc) is 3.43. The van der Waals surface area contributed by atoms with Crippen molar-refractivity contribution >= 4 is 26.9 Å². The summed E-state index contributed by atoms with van der Waals surface area (Å²) >= 11 is 0. The van der Waals surface area contributed by atoms with Crippen LogP contribution in [0.2, 0.25) is 0 Å². The van der Waals surface area contributed by atoms with Gasteiger partial charge in [-0.15, -0.1) is 0 Å². The molecule has 38 heavy (non-hydrogen) atoms. The Labute approximate surface area is 211 Å². The number of fused-ring (bicyclic) bond motifs is 2. The monoisotopic (exact) mass is 561 g/mol. The zero-order chi connectivity index (χ0) is 28.0. The van der Waals surface area contributed by atoms with Crippen molar-refractivity contribution in [3.8, 4) is 17.3 Å². The molecule has 4 rings (SSSR count). The molecule has 1 amide bonds. The predicted molar refractivity (Wildman–Crippen MR) is 122 cm³/mol. The molecule has 11 nitrogen and oxygen atoms in total. The molecule has 0 saturated heterocycles. The second kappa shape index (κ2) is 9.45. The highest BCUT2D eigenvalue weighted by molar-refractivity contribution is 7.91. The number of rotatable bonds is 8. The maximum absolute atomic E-state index is 13.4. The van der Waals surface area contributed by atoms with Crippen molar-refractivity contribution in [1.29, 1.82) is 0 Å². The molecule has 0 atom stereocenters. The number of carbonyl (C=O) groups excluding carboxylic acids is 1. The number of amides is 1. The van der Waals surface area contributed by atoms with E-state index >= 15 is 0 Å². The molecular weight excluding hydrogens is 541 g/mol. The topological polar surface area (TPSA) is 133 Å². The maximum Gasteiger partial charge on any atom is 0.456 e. The molecule has 0 aromatic carbocycles. The molecule has 4 aromatic rings. The van der Waals surface area contributed by atoms with Crippen molar-refractivity contribution in [3.05, 3.63) is 36.5 Å². The molecule has 0 aliphatic carbocycles. The molecule has 4 aromatic heterocycles. The van der Waals surface area contributed by atoms with E-state index in [0.717, 1.165) is 16.9 Å². The summed E-state index contributed by atoms with van der Waals surface area (Å²) in [5.74, 6) is -6.78. The number of nitrogens with one attached hydrogen (secondary N) is 1. The van der Waals surface area contributed by atoms with Crippen LogP contribution in [-0.4, -0.2) is 73.8 Å². The van der Waals surface area contributed by atoms with Gasteiger partial charge in [-0.1, -0.05) is 6.92 Å². The van der Waals surface area contributed by atoms with Crippen LogP contribution < -0.4 is 10.1 Å². The summed E-state index contributed by atoms with van der Waals surface area (Å²) in [6.45, 7) is 2.80. The summed E-state index contributed by atoms with van der Waals surface area (Å²) in [5.41, 5.74) is -0.343. The SMILES string of the molecule is CCS(=O)(=O)c1nn2c(C(=O)NC(C)C)ccnc2c1-c1ncc2c(OCC(F)(F)C(F)(F)F)nccn12. The quantitative estimate of drug-likeness (QED) is 0.325. The molecule has 1 N–H and O–H groups in total. The fraction of sp³-hybridized carbons (Fsp3) is 0.381. The highest BCUT2D eigenvalue weighted by Gasteiger charge is 2.58. The van der Waals surface area contributed by atoms with Crippen LogP contribution in [0.3, 0.4) is 0 Å². The number of hydrogen-bond acceptors (Lipinski definition) is 8. The van der Waals surface area contributed by atoms with Crippen LogP contribution in [0, 0.1) is 0 Å². The summed E-state index contributed by atoms with van der Waals surface area (Å²) in [7, 11) is -4.04. The standard InChI is InChI=1S/C21H20F5N7O4S/c1-4-38(35,36)19-14(16-27-6-5-12(33(16)31-19)17(34)30-11(2)3)15-29-9-13-18(28-7-8-32(13)15)37-10-20(22,23)21(24,25)26/h5-9,11H,4,10H2,1-3H3,(H,30,34). The number of alkyl halides is 5. The van der Waals surface area contributed by atoms with Gasteiger partial charge >= 0.3 is 12.1 Å². The predicted octanol–water partition coefficient (Wildman–Crippen LogP) is 2.95. The molecule has 0 radical (unpaired) electrons. The summed E-state index contributed by atoms with van der Waals surface area (Å²) in [4.78, 5) is 24.8. The van der Waals surface area contributed by atoms with E-state index in [1.807, 2.05) is 0 Å². The van der Waals surface area contributed by atoms with Crippen LogP contribution in [0.15, 0.2) is 35.9 Å². The first-order valence-electron chi connectivity index (χ1n) is 11.0. The van der Waals surface area contributed by atoms with Gasteiger partial charge in [0.25, 0.3) is 5.91 Å². The number of hydrogen-bond donors (Lipinski definition) is 1. The van der Waals surface area contributed by atoms with Gasteiger partial charge < -0.3 is 10.1 Å². The third-order valence-corrected chi connectivity index (χ3v) is 6.90. The molecule has 4 heterocycles. The van der Waals surface area contributed by atoms with Crippen LogP contribution in [0.1, 0.15) is 31.3 Å². The molecule has 0 saturated carbocycles. The minimum Gasteiger partial charge on any atom is -0.469 e. The molecule has 0 fully saturated rings. The van der Waals surface area contributed by atoms with E-state index in [2.05, 4.69) is 30.1 Å². The number of nitrogens with zero attached hydrogens (tertiary/aromatic N) is 6. The van der Waals surface area contributed by atoms with Crippen LogP contribution >= 0.6 is 0 Å². The van der Waals surface area contributed by atoms with Gasteiger partial charge in [0.15, 0.2) is 32.9 Å². The Morgan fingerprint density at radius 2 is 1.84 bits per heavy atom. The van der Waals surface area contributed by atoms with Crippen molar-refractivity contribution in [1.82, 2.24) is 34.3 Å². The number of imidazole rings is 1. The maximum atomic E-state index is 13.4. The van der Waals surface area contributed by atoms with E-state index in [4.69, 9.17) is 0 Å². The molecule has 0 bridgehead atoms. The number of carbonyl (C=O) groups is 1. The Balaban J connectivity index is 1.91. The van der Waals surface area contributed by atoms with E-state index in [9.17, 15) is 35.2 Å². The number of halogens is 5. The fourth-order valence-corrected chi connectivity index (χ4v) is 4.40. The molecule has 0 unspecified atom stereocenters. The van der Waals surface area contributed by atoms with E-state index in [1.54, 1.807) is 13.8 Å². The average molecular weight is 561 g/mol. The summed E-state index contributed by atoms with van der Waals surface area (Å²) in [6, 6.07) is 1.09. The molecule has 0 aliphatic rings. The van der Waals surface area contributed by atoms with Gasteiger partial charge in [0.2, 0.25) is 5.88 Å². The number of ether oxygens (including phenoxy) is 1. The Morgan fingerprint density at radius 1 is 1.13 bits per heavy atom. The van der Waals surface area contributed by atoms with E-state index in [-0.39, 0.29) is 40.0 Å². The minimum absolute atomic E-state index is 0.0246. The molecule has 17 heteroatoms. The lowest BCUT2D eigenvalue weighted by atomic mass is 10.3. The highest BCUT2D eigenvalue weighted by Crippen LogP contribution is 2.37. The Hall–Kier alpha value is -3.89. The van der Waals surface area contributed by atoms with Gasteiger partial charge in [-0.25, -0.2) is 27.9 Å². The van der Waals surface area contributed by atoms with Crippen molar-refractivity contribution < 1.29 is 39.9 Å². The molecule has 0 spiro atoms. The zero-order valence-electron chi connectivity index (χ0n) is 20.0. The zero-order valence-corrected chi connectivity index (χ0v) is 20.8. The smallest absolute Gasteiger partial charge is 0.456 e. The second-order valence-electron chi connectivity index (χ2n) is 8.34. The van der Waals surface area contributed by atoms with E-state index in [0.29, 0.717) is 0 Å². The first-order valence-corrected chi connectivity index (χ1v) is 12.6. The van der Waals surface area contributed by atoms with Crippen LogP contribution in [0.5, 0.6) is 5.88 Å². The largest absolute Gasteiger partial charge is 0.469 e. The van der Waals surface area contributed by atoms with Crippen molar-refractivity contribution in [2.75, 3.05) is 12.4 Å². The van der Waals surface area contributed by atoms with E-state index in [1.165, 1.54) is 29.8 Å². The Kier molecular flexibility index (Phi) is 6.75. The molecule has 0 aliphatic heterocycles. The lowest BCUT2D eigenvalue weighted by molar-refractivity contribution is -0.290. The van der Waals surface area contributed by atoms with Crippen LogP contribution in [0.25, 0.3) is 22.6 Å². The van der Waals surface area contributed by atoms with Gasteiger partial charge in [-0.05, 0) is 19.9 Å². The van der Waals surface area contributed by atoms with Crippen molar-refractivity contribution in [2.24, 2.45) is 0 Å². The minimum atomic E-state index is -5.84. The first kappa shape index (κ1) is 27.2. The van der Waals surface area contributed by atoms with Crippen LogP contribution in [-0.2, 0) is 9.84 Å². The Bertz CT molecular complexity index is 1630. The summed E-state index contributed by atoms with van der Waals surface area (Å²) in [5, 5.41) is 6.36. The van der Waals surface area contributed by atoms with Crippen LogP contribution in [0.4, 0.5) is 22.0 Å². The number of sulfone groups is 1. The van der Waals surface area contributed by atoms with Gasteiger partial charge in [0.1, 0.15) is 16.8 Å².